The molecule has 0 N–H and O–H groups in total. The molecule has 0 saturated heterocycles. The van der Waals surface area contributed by atoms with Crippen LogP contribution in [0.5, 0.6) is 0 Å². The molecule has 0 unspecified atom stereocenters. The lowest BCUT2D eigenvalue weighted by atomic mass is 10.1. The fourth-order valence-electron chi connectivity index (χ4n) is 3.18. The van der Waals surface area contributed by atoms with Crippen LogP contribution in [0.3, 0.4) is 0 Å². The molecule has 3 aromatic rings. The number of aromatic nitrogens is 3. The quantitative estimate of drug-likeness (QED) is 0.677. The lowest BCUT2D eigenvalue weighted by Gasteiger charge is -2.18. The van der Waals surface area contributed by atoms with Crippen LogP contribution < -0.4 is 16.0 Å². The minimum Gasteiger partial charge on any atom is -0.309 e. The number of rotatable bonds is 3. The van der Waals surface area contributed by atoms with E-state index in [1.807, 2.05) is 36.1 Å². The Morgan fingerprint density at radius 3 is 2.54 bits per heavy atom. The largest absolute Gasteiger partial charge is 0.333 e. The molecule has 0 fully saturated rings. The fraction of sp³-hybridized carbons (Fsp3) is 0.211. The zero-order valence-corrected chi connectivity index (χ0v) is 14.2. The van der Waals surface area contributed by atoms with Gasteiger partial charge in [0, 0.05) is 18.8 Å². The van der Waals surface area contributed by atoms with E-state index in [4.69, 9.17) is 0 Å². The Hall–Kier alpha value is -3.22. The normalized spacial score (nSPS) is 13.1. The van der Waals surface area contributed by atoms with Crippen molar-refractivity contribution in [2.24, 2.45) is 0 Å². The van der Waals surface area contributed by atoms with Crippen LogP contribution in [0.4, 0.5) is 16.0 Å². The van der Waals surface area contributed by atoms with Gasteiger partial charge in [-0.1, -0.05) is 29.8 Å². The monoisotopic (exact) mass is 352 g/mol. The van der Waals surface area contributed by atoms with Gasteiger partial charge in [0.05, 0.1) is 6.54 Å². The summed E-state index contributed by atoms with van der Waals surface area (Å²) in [7, 11) is 0. The van der Waals surface area contributed by atoms with Gasteiger partial charge in [-0.15, -0.1) is 5.10 Å². The number of halogens is 1. The summed E-state index contributed by atoms with van der Waals surface area (Å²) >= 11 is 0. The molecule has 1 aliphatic heterocycles. The van der Waals surface area contributed by atoms with Crippen LogP contribution in [-0.2, 0) is 13.1 Å². The molecule has 0 atom stereocenters. The molecule has 2 heterocycles. The van der Waals surface area contributed by atoms with Gasteiger partial charge in [0.25, 0.3) is 0 Å². The molecule has 0 amide bonds. The molecule has 2 aromatic carbocycles. The van der Waals surface area contributed by atoms with Crippen molar-refractivity contribution in [2.45, 2.75) is 20.0 Å². The summed E-state index contributed by atoms with van der Waals surface area (Å²) in [6.45, 7) is 3.06. The van der Waals surface area contributed by atoms with E-state index < -0.39 is 11.1 Å². The summed E-state index contributed by atoms with van der Waals surface area (Å²) in [5, 5.41) is 4.42. The zero-order chi connectivity index (χ0) is 18.3. The molecule has 0 saturated carbocycles. The summed E-state index contributed by atoms with van der Waals surface area (Å²) in [5.74, 6) is 0.0663. The minimum absolute atomic E-state index is 0.223. The van der Waals surface area contributed by atoms with Crippen LogP contribution in [0.25, 0.3) is 0 Å². The van der Waals surface area contributed by atoms with Crippen molar-refractivity contribution in [1.82, 2.24) is 14.3 Å². The standard InChI is InChI=1S/C19H17FN4O2/c1-13-3-2-4-14(11-13)12-24-18(26)17(25)23-10-9-22(19(23)21-24)16-7-5-15(20)6-8-16/h2-8,11H,9-10,12H2,1H3. The van der Waals surface area contributed by atoms with E-state index in [1.54, 1.807) is 12.1 Å². The van der Waals surface area contributed by atoms with Gasteiger partial charge in [-0.05, 0) is 36.8 Å². The van der Waals surface area contributed by atoms with Crippen molar-refractivity contribution in [2.75, 3.05) is 11.4 Å². The molecule has 0 aliphatic carbocycles. The number of benzene rings is 2. The Labute approximate surface area is 148 Å². The van der Waals surface area contributed by atoms with Crippen molar-refractivity contribution in [3.8, 4) is 0 Å². The molecule has 0 bridgehead atoms. The van der Waals surface area contributed by atoms with Gasteiger partial charge < -0.3 is 4.90 Å². The van der Waals surface area contributed by atoms with Crippen LogP contribution in [0.1, 0.15) is 11.1 Å². The third-order valence-electron chi connectivity index (χ3n) is 4.46. The third kappa shape index (κ3) is 2.81. The highest BCUT2D eigenvalue weighted by Crippen LogP contribution is 2.26. The van der Waals surface area contributed by atoms with Crippen molar-refractivity contribution in [3.63, 3.8) is 0 Å². The van der Waals surface area contributed by atoms with Crippen LogP contribution >= 0.6 is 0 Å². The number of hydrogen-bond donors (Lipinski definition) is 0. The lowest BCUT2D eigenvalue weighted by molar-refractivity contribution is 0.591. The van der Waals surface area contributed by atoms with Crippen LogP contribution in [0.15, 0.2) is 58.1 Å². The molecular formula is C19H17FN4O2. The Balaban J connectivity index is 1.78. The van der Waals surface area contributed by atoms with E-state index in [0.29, 0.717) is 19.0 Å². The molecule has 1 aromatic heterocycles. The van der Waals surface area contributed by atoms with Crippen LogP contribution in [0.2, 0.25) is 0 Å². The molecule has 132 valence electrons. The predicted octanol–water partition coefficient (Wildman–Crippen LogP) is 2.05. The van der Waals surface area contributed by atoms with Gasteiger partial charge in [-0.2, -0.15) is 0 Å². The Morgan fingerprint density at radius 1 is 1.04 bits per heavy atom. The molecule has 26 heavy (non-hydrogen) atoms. The van der Waals surface area contributed by atoms with Crippen molar-refractivity contribution in [1.29, 1.82) is 0 Å². The maximum atomic E-state index is 13.2. The molecule has 4 rings (SSSR count). The maximum Gasteiger partial charge on any atom is 0.333 e. The Morgan fingerprint density at radius 2 is 1.81 bits per heavy atom. The highest BCUT2D eigenvalue weighted by molar-refractivity contribution is 5.58. The molecule has 0 spiro atoms. The SMILES string of the molecule is Cc1cccc(Cn2nc3n(c(=O)c2=O)CCN3c2ccc(F)cc2)c1. The zero-order valence-electron chi connectivity index (χ0n) is 14.2. The smallest absolute Gasteiger partial charge is 0.309 e. The number of anilines is 2. The molecule has 1 aliphatic rings. The number of aryl methyl sites for hydroxylation is 1. The lowest BCUT2D eigenvalue weighted by Crippen LogP contribution is -2.42. The second-order valence-corrected chi connectivity index (χ2v) is 6.34. The molecule has 0 radical (unpaired) electrons. The summed E-state index contributed by atoms with van der Waals surface area (Å²) in [5.41, 5.74) is 1.46. The van der Waals surface area contributed by atoms with E-state index in [1.165, 1.54) is 21.4 Å². The van der Waals surface area contributed by atoms with Gasteiger partial charge in [0.2, 0.25) is 5.95 Å². The average molecular weight is 352 g/mol. The topological polar surface area (TPSA) is 60.1 Å². The highest BCUT2D eigenvalue weighted by atomic mass is 19.1. The van der Waals surface area contributed by atoms with Crippen LogP contribution in [0, 0.1) is 12.7 Å². The highest BCUT2D eigenvalue weighted by Gasteiger charge is 2.25. The fourth-order valence-corrected chi connectivity index (χ4v) is 3.18. The Kier molecular flexibility index (Phi) is 3.91. The van der Waals surface area contributed by atoms with Crippen molar-refractivity contribution < 1.29 is 4.39 Å². The maximum absolute atomic E-state index is 13.2. The Bertz CT molecular complexity index is 1090. The van der Waals surface area contributed by atoms with Gasteiger partial charge in [-0.3, -0.25) is 14.2 Å². The minimum atomic E-state index is -0.642. The van der Waals surface area contributed by atoms with E-state index in [-0.39, 0.29) is 12.4 Å². The molecule has 7 heteroatoms. The second kappa shape index (κ2) is 6.25. The van der Waals surface area contributed by atoms with Gasteiger partial charge in [0.15, 0.2) is 0 Å². The number of fused-ring (bicyclic) bond motifs is 1. The summed E-state index contributed by atoms with van der Waals surface area (Å²) < 4.78 is 15.8. The van der Waals surface area contributed by atoms with Gasteiger partial charge in [-0.25, -0.2) is 9.07 Å². The summed E-state index contributed by atoms with van der Waals surface area (Å²) in [6.07, 6.45) is 0. The first-order valence-electron chi connectivity index (χ1n) is 8.33. The summed E-state index contributed by atoms with van der Waals surface area (Å²) in [4.78, 5) is 26.7. The average Bonchev–Trinajstić information content (AvgIpc) is 3.04. The predicted molar refractivity (Wildman–Crippen MR) is 96.4 cm³/mol. The first-order valence-corrected chi connectivity index (χ1v) is 8.33. The van der Waals surface area contributed by atoms with E-state index >= 15 is 0 Å². The number of nitrogens with zero attached hydrogens (tertiary/aromatic N) is 4. The molecule has 6 nitrogen and oxygen atoms in total. The van der Waals surface area contributed by atoms with Crippen molar-refractivity contribution >= 4 is 11.6 Å². The van der Waals surface area contributed by atoms with E-state index in [0.717, 1.165) is 16.8 Å². The summed E-state index contributed by atoms with van der Waals surface area (Å²) in [6, 6.07) is 13.7. The van der Waals surface area contributed by atoms with Gasteiger partial charge in [0.1, 0.15) is 5.82 Å². The van der Waals surface area contributed by atoms with Crippen LogP contribution in [-0.4, -0.2) is 20.9 Å². The van der Waals surface area contributed by atoms with E-state index in [9.17, 15) is 14.0 Å². The number of hydrogen-bond acceptors (Lipinski definition) is 4. The first-order chi connectivity index (χ1) is 12.5. The third-order valence-corrected chi connectivity index (χ3v) is 4.46. The second-order valence-electron chi connectivity index (χ2n) is 6.34. The first kappa shape index (κ1) is 16.3. The molecular weight excluding hydrogens is 335 g/mol. The van der Waals surface area contributed by atoms with Crippen molar-refractivity contribution in [3.05, 3.63) is 86.2 Å². The van der Waals surface area contributed by atoms with E-state index in [2.05, 4.69) is 5.10 Å². The van der Waals surface area contributed by atoms with Gasteiger partial charge >= 0.3 is 11.1 Å².